The smallest absolute Gasteiger partial charge is 0.351 e. The Morgan fingerprint density at radius 3 is 2.56 bits per heavy atom. The lowest BCUT2D eigenvalue weighted by atomic mass is 10.3. The van der Waals surface area contributed by atoms with Gasteiger partial charge in [0.1, 0.15) is 5.01 Å². The molecule has 1 unspecified atom stereocenters. The molecule has 0 saturated heterocycles. The van der Waals surface area contributed by atoms with Gasteiger partial charge in [0, 0.05) is 22.6 Å². The predicted molar refractivity (Wildman–Crippen MR) is 63.8 cm³/mol. The molecule has 0 aliphatic rings. The Bertz CT molecular complexity index is 534. The number of anilines is 1. The highest BCUT2D eigenvalue weighted by Gasteiger charge is 2.36. The number of nitrogens with one attached hydrogen (secondary N) is 1. The molecule has 2 aromatic rings. The Labute approximate surface area is 109 Å². The molecule has 1 atom stereocenters. The summed E-state index contributed by atoms with van der Waals surface area (Å²) in [6.07, 6.45) is -4.50. The van der Waals surface area contributed by atoms with E-state index in [1.807, 2.05) is 19.2 Å². The molecule has 0 aromatic carbocycles. The number of halogens is 3. The average Bonchev–Trinajstić information content (AvgIpc) is 2.85. The van der Waals surface area contributed by atoms with Crippen molar-refractivity contribution in [3.63, 3.8) is 0 Å². The molecule has 0 radical (unpaired) electrons. The fraction of sp³-hybridized carbons (Fsp3) is 0.444. The van der Waals surface area contributed by atoms with Crippen LogP contribution in [0.2, 0.25) is 0 Å². The van der Waals surface area contributed by atoms with Crippen molar-refractivity contribution < 1.29 is 13.2 Å². The average molecular weight is 294 g/mol. The van der Waals surface area contributed by atoms with E-state index in [0.717, 1.165) is 10.7 Å². The van der Waals surface area contributed by atoms with E-state index in [1.165, 1.54) is 11.3 Å². The molecule has 2 heterocycles. The zero-order chi connectivity index (χ0) is 13.3. The van der Waals surface area contributed by atoms with Gasteiger partial charge >= 0.3 is 6.18 Å². The second kappa shape index (κ2) is 4.81. The van der Waals surface area contributed by atoms with Crippen molar-refractivity contribution in [3.05, 3.63) is 21.9 Å². The monoisotopic (exact) mass is 294 g/mol. The van der Waals surface area contributed by atoms with Crippen molar-refractivity contribution in [1.82, 2.24) is 14.3 Å². The van der Waals surface area contributed by atoms with E-state index in [9.17, 15) is 13.2 Å². The fourth-order valence-corrected chi connectivity index (χ4v) is 2.69. The van der Waals surface area contributed by atoms with Gasteiger partial charge in [-0.2, -0.15) is 22.5 Å². The zero-order valence-corrected chi connectivity index (χ0v) is 11.1. The van der Waals surface area contributed by atoms with Gasteiger partial charge in [-0.3, -0.25) is 0 Å². The molecule has 18 heavy (non-hydrogen) atoms. The number of nitrogens with zero attached hydrogens (tertiary/aromatic N) is 3. The molecule has 2 aromatic heterocycles. The van der Waals surface area contributed by atoms with Gasteiger partial charge in [0.05, 0.1) is 6.04 Å². The minimum absolute atomic E-state index is 0.141. The molecule has 0 aliphatic heterocycles. The number of hydrogen-bond donors (Lipinski definition) is 1. The summed E-state index contributed by atoms with van der Waals surface area (Å²) in [6.45, 7) is 3.67. The number of aryl methyl sites for hydroxylation is 1. The van der Waals surface area contributed by atoms with Gasteiger partial charge in [0.25, 0.3) is 0 Å². The third-order valence-electron chi connectivity index (χ3n) is 2.03. The topological polar surface area (TPSA) is 50.7 Å². The van der Waals surface area contributed by atoms with Crippen molar-refractivity contribution in [1.29, 1.82) is 0 Å². The highest BCUT2D eigenvalue weighted by atomic mass is 32.1. The van der Waals surface area contributed by atoms with Gasteiger partial charge in [-0.05, 0) is 13.8 Å². The zero-order valence-electron chi connectivity index (χ0n) is 9.45. The lowest BCUT2D eigenvalue weighted by Crippen LogP contribution is -2.09. The van der Waals surface area contributed by atoms with Crippen LogP contribution in [-0.4, -0.2) is 14.3 Å². The normalized spacial score (nSPS) is 13.6. The Balaban J connectivity index is 2.08. The molecule has 0 bridgehead atoms. The van der Waals surface area contributed by atoms with Crippen LogP contribution >= 0.6 is 22.9 Å². The Morgan fingerprint density at radius 1 is 1.33 bits per heavy atom. The molecule has 2 rings (SSSR count). The minimum atomic E-state index is -4.50. The van der Waals surface area contributed by atoms with Crippen LogP contribution < -0.4 is 5.32 Å². The standard InChI is InChI=1S/C9H9F3N4S2/c1-4-3-17-6(13-4)5(2)14-8-15-7(16-18-8)9(10,11)12/h3,5H,1-2H3,(H,14,15,16). The summed E-state index contributed by atoms with van der Waals surface area (Å²) in [5.41, 5.74) is 0.886. The van der Waals surface area contributed by atoms with Crippen LogP contribution in [0, 0.1) is 6.92 Å². The maximum Gasteiger partial charge on any atom is 0.452 e. The molecule has 1 N–H and O–H groups in total. The lowest BCUT2D eigenvalue weighted by Gasteiger charge is -2.08. The predicted octanol–water partition coefficient (Wildman–Crippen LogP) is 3.49. The van der Waals surface area contributed by atoms with Crippen LogP contribution in [0.1, 0.15) is 29.5 Å². The summed E-state index contributed by atoms with van der Waals surface area (Å²) >= 11 is 2.14. The van der Waals surface area contributed by atoms with Crippen molar-refractivity contribution in [3.8, 4) is 0 Å². The minimum Gasteiger partial charge on any atom is -0.351 e. The van der Waals surface area contributed by atoms with Gasteiger partial charge in [-0.15, -0.1) is 11.3 Å². The van der Waals surface area contributed by atoms with Crippen LogP contribution in [0.5, 0.6) is 0 Å². The van der Waals surface area contributed by atoms with Crippen LogP contribution in [0.15, 0.2) is 5.38 Å². The Hall–Kier alpha value is -1.22. The molecule has 98 valence electrons. The summed E-state index contributed by atoms with van der Waals surface area (Å²) in [6, 6.07) is -0.197. The number of hydrogen-bond acceptors (Lipinski definition) is 6. The number of aromatic nitrogens is 3. The van der Waals surface area contributed by atoms with E-state index in [2.05, 4.69) is 19.7 Å². The van der Waals surface area contributed by atoms with Crippen LogP contribution in [0.3, 0.4) is 0 Å². The van der Waals surface area contributed by atoms with E-state index >= 15 is 0 Å². The molecular weight excluding hydrogens is 285 g/mol. The van der Waals surface area contributed by atoms with Crippen LogP contribution in [-0.2, 0) is 6.18 Å². The van der Waals surface area contributed by atoms with Gasteiger partial charge in [-0.1, -0.05) is 0 Å². The molecule has 0 saturated carbocycles. The van der Waals surface area contributed by atoms with E-state index in [4.69, 9.17) is 0 Å². The van der Waals surface area contributed by atoms with Crippen molar-refractivity contribution in [2.45, 2.75) is 26.1 Å². The number of alkyl halides is 3. The molecule has 0 fully saturated rings. The van der Waals surface area contributed by atoms with Crippen molar-refractivity contribution >= 4 is 28.0 Å². The quantitative estimate of drug-likeness (QED) is 0.941. The van der Waals surface area contributed by atoms with Crippen LogP contribution in [0.4, 0.5) is 18.3 Å². The maximum atomic E-state index is 12.3. The first kappa shape index (κ1) is 13.2. The molecule has 4 nitrogen and oxygen atoms in total. The second-order valence-corrected chi connectivity index (χ2v) is 5.26. The molecule has 9 heteroatoms. The van der Waals surface area contributed by atoms with Crippen molar-refractivity contribution in [2.75, 3.05) is 5.32 Å². The van der Waals surface area contributed by atoms with Gasteiger partial charge in [0.2, 0.25) is 11.0 Å². The van der Waals surface area contributed by atoms with Gasteiger partial charge < -0.3 is 5.32 Å². The summed E-state index contributed by atoms with van der Waals surface area (Å²) in [4.78, 5) is 7.65. The molecule has 0 spiro atoms. The summed E-state index contributed by atoms with van der Waals surface area (Å²) in [7, 11) is 0. The third-order valence-corrected chi connectivity index (χ3v) is 3.82. The number of thiazole rings is 1. The largest absolute Gasteiger partial charge is 0.452 e. The van der Waals surface area contributed by atoms with E-state index in [-0.39, 0.29) is 11.2 Å². The van der Waals surface area contributed by atoms with E-state index < -0.39 is 12.0 Å². The van der Waals surface area contributed by atoms with Crippen LogP contribution in [0.25, 0.3) is 0 Å². The third kappa shape index (κ3) is 2.96. The number of rotatable bonds is 3. The summed E-state index contributed by atoms with van der Waals surface area (Å²) in [5.74, 6) is -1.11. The first-order chi connectivity index (χ1) is 8.36. The lowest BCUT2D eigenvalue weighted by molar-refractivity contribution is -0.144. The van der Waals surface area contributed by atoms with E-state index in [0.29, 0.717) is 11.5 Å². The molecular formula is C9H9F3N4S2. The Morgan fingerprint density at radius 2 is 2.06 bits per heavy atom. The SMILES string of the molecule is Cc1csc(C(C)Nc2nc(C(F)(F)F)ns2)n1. The second-order valence-electron chi connectivity index (χ2n) is 3.61. The summed E-state index contributed by atoms with van der Waals surface area (Å²) in [5, 5.41) is 5.68. The highest BCUT2D eigenvalue weighted by Crippen LogP contribution is 2.30. The fourth-order valence-electron chi connectivity index (χ4n) is 1.22. The highest BCUT2D eigenvalue weighted by molar-refractivity contribution is 7.10. The molecule has 0 aliphatic carbocycles. The maximum absolute atomic E-state index is 12.3. The van der Waals surface area contributed by atoms with Gasteiger partial charge in [0.15, 0.2) is 0 Å². The first-order valence-electron chi connectivity index (χ1n) is 4.95. The van der Waals surface area contributed by atoms with E-state index in [1.54, 1.807) is 0 Å². The molecule has 0 amide bonds. The first-order valence-corrected chi connectivity index (χ1v) is 6.61. The Kier molecular flexibility index (Phi) is 3.53. The summed E-state index contributed by atoms with van der Waals surface area (Å²) < 4.78 is 40.2. The van der Waals surface area contributed by atoms with Gasteiger partial charge in [-0.25, -0.2) is 4.98 Å². The van der Waals surface area contributed by atoms with Crippen molar-refractivity contribution in [2.24, 2.45) is 0 Å².